The lowest BCUT2D eigenvalue weighted by Gasteiger charge is -2.21. The van der Waals surface area contributed by atoms with E-state index in [1.54, 1.807) is 6.92 Å². The van der Waals surface area contributed by atoms with E-state index in [0.717, 1.165) is 21.9 Å². The van der Waals surface area contributed by atoms with Gasteiger partial charge in [0.25, 0.3) is 0 Å². The summed E-state index contributed by atoms with van der Waals surface area (Å²) in [4.78, 5) is 12.9. The average molecular weight is 300 g/mol. The van der Waals surface area contributed by atoms with Crippen molar-refractivity contribution in [2.75, 3.05) is 11.6 Å². The number of halogens is 3. The average Bonchev–Trinajstić information content (AvgIpc) is 2.92. The van der Waals surface area contributed by atoms with Gasteiger partial charge in [0.05, 0.1) is 30.3 Å². The Kier molecular flexibility index (Phi) is 4.10. The summed E-state index contributed by atoms with van der Waals surface area (Å²) in [5, 5.41) is 7.98. The van der Waals surface area contributed by atoms with E-state index in [2.05, 4.69) is 10.3 Å². The number of anilines is 1. The van der Waals surface area contributed by atoms with Gasteiger partial charge in [0.15, 0.2) is 0 Å². The summed E-state index contributed by atoms with van der Waals surface area (Å²) in [7, 11) is 0. The van der Waals surface area contributed by atoms with Gasteiger partial charge in [0, 0.05) is 0 Å². The van der Waals surface area contributed by atoms with Crippen LogP contribution in [0.1, 0.15) is 12.5 Å². The molecule has 0 bridgehead atoms. The van der Waals surface area contributed by atoms with Gasteiger partial charge in [-0.05, 0) is 30.3 Å². The number of hydrogen-bond donors (Lipinski definition) is 0. The third kappa shape index (κ3) is 3.30. The van der Waals surface area contributed by atoms with Gasteiger partial charge in [-0.3, -0.25) is 0 Å². The van der Waals surface area contributed by atoms with Crippen LogP contribution in [0.3, 0.4) is 0 Å². The smallest absolute Gasteiger partial charge is 0.435 e. The molecule has 1 aromatic heterocycles. The standard InChI is InChI=1S/C12H11F3N4O2/c1-2-21-11(20)19(18-7-6-16-17-18)10-5-3-4-9(8-10)12(13,14)15/h3-8H,2H2,1H3. The summed E-state index contributed by atoms with van der Waals surface area (Å²) in [5.74, 6) is 0. The summed E-state index contributed by atoms with van der Waals surface area (Å²) < 4.78 is 43.1. The molecule has 112 valence electrons. The van der Waals surface area contributed by atoms with Gasteiger partial charge < -0.3 is 4.74 Å². The molecular formula is C12H11F3N4O2. The van der Waals surface area contributed by atoms with Crippen LogP contribution in [0.25, 0.3) is 0 Å². The minimum Gasteiger partial charge on any atom is -0.448 e. The van der Waals surface area contributed by atoms with Crippen LogP contribution in [0.4, 0.5) is 23.7 Å². The maximum Gasteiger partial charge on any atom is 0.435 e. The highest BCUT2D eigenvalue weighted by atomic mass is 19.4. The highest BCUT2D eigenvalue weighted by Gasteiger charge is 2.32. The maximum atomic E-state index is 12.8. The Labute approximate surface area is 117 Å². The predicted molar refractivity (Wildman–Crippen MR) is 66.4 cm³/mol. The van der Waals surface area contributed by atoms with Gasteiger partial charge in [-0.1, -0.05) is 6.07 Å². The summed E-state index contributed by atoms with van der Waals surface area (Å²) in [6, 6.07) is 4.28. The van der Waals surface area contributed by atoms with Gasteiger partial charge in [0.1, 0.15) is 0 Å². The third-order valence-electron chi connectivity index (χ3n) is 2.47. The number of benzene rings is 1. The fourth-order valence-corrected chi connectivity index (χ4v) is 1.61. The molecule has 21 heavy (non-hydrogen) atoms. The summed E-state index contributed by atoms with van der Waals surface area (Å²) in [5.41, 5.74) is -0.914. The fraction of sp³-hybridized carbons (Fsp3) is 0.250. The van der Waals surface area contributed by atoms with Crippen molar-refractivity contribution >= 4 is 11.8 Å². The van der Waals surface area contributed by atoms with Crippen molar-refractivity contribution in [3.8, 4) is 0 Å². The number of hydrogen-bond acceptors (Lipinski definition) is 4. The Bertz CT molecular complexity index is 613. The van der Waals surface area contributed by atoms with E-state index in [4.69, 9.17) is 4.74 Å². The Morgan fingerprint density at radius 3 is 2.76 bits per heavy atom. The molecule has 2 rings (SSSR count). The SMILES string of the molecule is CCOC(=O)N(c1cccc(C(F)(F)F)c1)n1ccnn1. The van der Waals surface area contributed by atoms with E-state index in [-0.39, 0.29) is 12.3 Å². The lowest BCUT2D eigenvalue weighted by molar-refractivity contribution is -0.137. The first kappa shape index (κ1) is 14.8. The molecule has 0 aliphatic heterocycles. The Balaban J connectivity index is 2.44. The Morgan fingerprint density at radius 2 is 2.19 bits per heavy atom. The van der Waals surface area contributed by atoms with Crippen molar-refractivity contribution in [1.29, 1.82) is 0 Å². The second kappa shape index (κ2) is 5.81. The lowest BCUT2D eigenvalue weighted by Crippen LogP contribution is -2.37. The van der Waals surface area contributed by atoms with E-state index in [1.165, 1.54) is 24.5 Å². The molecule has 0 unspecified atom stereocenters. The number of aromatic nitrogens is 3. The Morgan fingerprint density at radius 1 is 1.43 bits per heavy atom. The molecule has 0 saturated heterocycles. The largest absolute Gasteiger partial charge is 0.448 e. The van der Waals surface area contributed by atoms with E-state index < -0.39 is 17.8 Å². The molecule has 0 N–H and O–H groups in total. The number of alkyl halides is 3. The first-order valence-electron chi connectivity index (χ1n) is 5.94. The molecule has 2 aromatic rings. The first-order chi connectivity index (χ1) is 9.93. The summed E-state index contributed by atoms with van der Waals surface area (Å²) in [6.07, 6.45) is -2.77. The van der Waals surface area contributed by atoms with Crippen molar-refractivity contribution in [3.05, 3.63) is 42.2 Å². The van der Waals surface area contributed by atoms with Gasteiger partial charge >= 0.3 is 12.3 Å². The monoisotopic (exact) mass is 300 g/mol. The molecule has 0 atom stereocenters. The number of nitrogens with zero attached hydrogens (tertiary/aromatic N) is 4. The van der Waals surface area contributed by atoms with Crippen molar-refractivity contribution in [2.24, 2.45) is 0 Å². The number of ether oxygens (including phenoxy) is 1. The zero-order valence-corrected chi connectivity index (χ0v) is 10.9. The molecule has 1 heterocycles. The van der Waals surface area contributed by atoms with Gasteiger partial charge in [-0.25, -0.2) is 4.79 Å². The van der Waals surface area contributed by atoms with Crippen LogP contribution in [-0.2, 0) is 10.9 Å². The van der Waals surface area contributed by atoms with Crippen LogP contribution in [0.5, 0.6) is 0 Å². The number of rotatable bonds is 3. The Hall–Kier alpha value is -2.58. The van der Waals surface area contributed by atoms with Crippen molar-refractivity contribution in [3.63, 3.8) is 0 Å². The highest BCUT2D eigenvalue weighted by Crippen LogP contribution is 2.31. The molecule has 0 spiro atoms. The van der Waals surface area contributed by atoms with Crippen LogP contribution in [0.15, 0.2) is 36.7 Å². The fourth-order valence-electron chi connectivity index (χ4n) is 1.61. The molecule has 1 amide bonds. The molecule has 0 saturated carbocycles. The number of amides is 1. The number of carbonyl (C=O) groups is 1. The van der Waals surface area contributed by atoms with Crippen molar-refractivity contribution < 1.29 is 22.7 Å². The molecule has 0 aliphatic carbocycles. The van der Waals surface area contributed by atoms with Crippen molar-refractivity contribution in [2.45, 2.75) is 13.1 Å². The van der Waals surface area contributed by atoms with E-state index in [0.29, 0.717) is 0 Å². The summed E-state index contributed by atoms with van der Waals surface area (Å²) >= 11 is 0. The maximum absolute atomic E-state index is 12.8. The molecule has 0 fully saturated rings. The van der Waals surface area contributed by atoms with E-state index >= 15 is 0 Å². The van der Waals surface area contributed by atoms with Crippen LogP contribution in [0.2, 0.25) is 0 Å². The van der Waals surface area contributed by atoms with E-state index in [1.807, 2.05) is 0 Å². The molecule has 0 aliphatic rings. The summed E-state index contributed by atoms with van der Waals surface area (Å²) in [6.45, 7) is 1.66. The lowest BCUT2D eigenvalue weighted by atomic mass is 10.2. The van der Waals surface area contributed by atoms with Gasteiger partial charge in [0.2, 0.25) is 0 Å². The quantitative estimate of drug-likeness (QED) is 0.874. The van der Waals surface area contributed by atoms with Gasteiger partial charge in [-0.2, -0.15) is 18.2 Å². The molecule has 9 heteroatoms. The first-order valence-corrected chi connectivity index (χ1v) is 5.94. The van der Waals surface area contributed by atoms with Gasteiger partial charge in [-0.15, -0.1) is 9.89 Å². The topological polar surface area (TPSA) is 60.2 Å². The zero-order chi connectivity index (χ0) is 15.5. The molecule has 6 nitrogen and oxygen atoms in total. The molecule has 0 radical (unpaired) electrons. The normalized spacial score (nSPS) is 11.2. The van der Waals surface area contributed by atoms with Crippen LogP contribution in [0, 0.1) is 0 Å². The molecular weight excluding hydrogens is 289 g/mol. The van der Waals surface area contributed by atoms with Crippen molar-refractivity contribution in [1.82, 2.24) is 15.1 Å². The minimum atomic E-state index is -4.52. The third-order valence-corrected chi connectivity index (χ3v) is 2.47. The van der Waals surface area contributed by atoms with Crippen LogP contribution in [-0.4, -0.2) is 27.8 Å². The highest BCUT2D eigenvalue weighted by molar-refractivity contribution is 5.87. The molecule has 1 aromatic carbocycles. The second-order valence-electron chi connectivity index (χ2n) is 3.88. The number of carbonyl (C=O) groups excluding carboxylic acids is 1. The van der Waals surface area contributed by atoms with E-state index in [9.17, 15) is 18.0 Å². The predicted octanol–water partition coefficient (Wildman–Crippen LogP) is 2.72. The minimum absolute atomic E-state index is 0.0335. The zero-order valence-electron chi connectivity index (χ0n) is 10.9. The van der Waals surface area contributed by atoms with Crippen LogP contribution >= 0.6 is 0 Å². The van der Waals surface area contributed by atoms with Crippen LogP contribution < -0.4 is 5.01 Å². The second-order valence-corrected chi connectivity index (χ2v) is 3.88.